The van der Waals surface area contributed by atoms with Gasteiger partial charge in [0.25, 0.3) is 0 Å². The van der Waals surface area contributed by atoms with Crippen LogP contribution in [-0.2, 0) is 4.79 Å². The Kier molecular flexibility index (Phi) is 4.67. The molecule has 154 valence electrons. The first-order chi connectivity index (χ1) is 14.0. The average molecular weight is 425 g/mol. The van der Waals surface area contributed by atoms with Gasteiger partial charge in [-0.1, -0.05) is 25.2 Å². The zero-order valence-electron chi connectivity index (χ0n) is 17.2. The van der Waals surface area contributed by atoms with E-state index in [1.54, 1.807) is 31.2 Å². The second kappa shape index (κ2) is 6.86. The fraction of sp³-hybridized carbons (Fsp3) is 0.208. The molecule has 1 atom stereocenters. The molecule has 2 aromatic carbocycles. The van der Waals surface area contributed by atoms with Crippen molar-refractivity contribution in [3.05, 3.63) is 87.2 Å². The Morgan fingerprint density at radius 2 is 1.77 bits per heavy atom. The summed E-state index contributed by atoms with van der Waals surface area (Å²) in [6.45, 7) is 7.21. The Bertz CT molecular complexity index is 1200. The zero-order valence-corrected chi connectivity index (χ0v) is 18.2. The number of phenols is 1. The number of ketones is 1. The van der Waals surface area contributed by atoms with Crippen LogP contribution in [-0.4, -0.2) is 24.1 Å². The van der Waals surface area contributed by atoms with Gasteiger partial charge >= 0.3 is 0 Å². The summed E-state index contributed by atoms with van der Waals surface area (Å²) in [6.07, 6.45) is 3.54. The van der Waals surface area contributed by atoms with Crippen LogP contribution in [0.1, 0.15) is 35.3 Å². The van der Waals surface area contributed by atoms with Gasteiger partial charge in [-0.3, -0.25) is 4.79 Å². The molecule has 2 N–H and O–H groups in total. The SMILES string of the molecule is Cc1cc(C(C)O)c(F)c(F)c1C1=C2C=CC(=O)C=C2[Si](C)(C)c2cc(O)ccc21. The summed E-state index contributed by atoms with van der Waals surface area (Å²) in [5, 5.41) is 21.6. The fourth-order valence-corrected chi connectivity index (χ4v) is 7.54. The summed E-state index contributed by atoms with van der Waals surface area (Å²) in [5.74, 6) is -2.17. The molecule has 4 rings (SSSR count). The number of hydrogen-bond acceptors (Lipinski definition) is 3. The number of rotatable bonds is 2. The molecule has 2 aliphatic rings. The van der Waals surface area contributed by atoms with Gasteiger partial charge in [-0.05, 0) is 76.9 Å². The maximum Gasteiger partial charge on any atom is 0.178 e. The van der Waals surface area contributed by atoms with Crippen molar-refractivity contribution in [2.24, 2.45) is 0 Å². The highest BCUT2D eigenvalue weighted by Gasteiger charge is 2.41. The van der Waals surface area contributed by atoms with Crippen LogP contribution < -0.4 is 5.19 Å². The van der Waals surface area contributed by atoms with Crippen LogP contribution in [0.2, 0.25) is 13.1 Å². The lowest BCUT2D eigenvalue weighted by atomic mass is 9.86. The van der Waals surface area contributed by atoms with Crippen molar-refractivity contribution < 1.29 is 23.8 Å². The van der Waals surface area contributed by atoms with Crippen molar-refractivity contribution in [3.63, 3.8) is 0 Å². The van der Waals surface area contributed by atoms with Crippen LogP contribution in [0.3, 0.4) is 0 Å². The molecule has 0 aromatic heterocycles. The number of aliphatic hydroxyl groups excluding tert-OH is 1. The van der Waals surface area contributed by atoms with Crippen molar-refractivity contribution in [3.8, 4) is 5.75 Å². The Balaban J connectivity index is 2.15. The lowest BCUT2D eigenvalue weighted by Crippen LogP contribution is -2.49. The number of aryl methyl sites for hydroxylation is 1. The Morgan fingerprint density at radius 1 is 1.07 bits per heavy atom. The first-order valence-corrected chi connectivity index (χ1v) is 12.7. The molecule has 0 bridgehead atoms. The Morgan fingerprint density at radius 3 is 2.43 bits per heavy atom. The summed E-state index contributed by atoms with van der Waals surface area (Å²) in [4.78, 5) is 12.2. The lowest BCUT2D eigenvalue weighted by molar-refractivity contribution is -0.110. The number of benzene rings is 2. The predicted molar refractivity (Wildman–Crippen MR) is 115 cm³/mol. The first-order valence-electron chi connectivity index (χ1n) is 9.73. The van der Waals surface area contributed by atoms with E-state index in [0.717, 1.165) is 15.9 Å². The average Bonchev–Trinajstić information content (AvgIpc) is 2.67. The number of hydrogen-bond donors (Lipinski definition) is 2. The van der Waals surface area contributed by atoms with E-state index in [1.807, 2.05) is 0 Å². The second-order valence-corrected chi connectivity index (χ2v) is 12.7. The topological polar surface area (TPSA) is 57.5 Å². The lowest BCUT2D eigenvalue weighted by Gasteiger charge is -2.38. The third-order valence-electron chi connectivity index (χ3n) is 6.01. The summed E-state index contributed by atoms with van der Waals surface area (Å²) in [6, 6.07) is 6.38. The van der Waals surface area contributed by atoms with E-state index in [1.165, 1.54) is 25.1 Å². The van der Waals surface area contributed by atoms with Gasteiger partial charge in [0.2, 0.25) is 0 Å². The summed E-state index contributed by atoms with van der Waals surface area (Å²) >= 11 is 0. The van der Waals surface area contributed by atoms with Gasteiger partial charge in [0.15, 0.2) is 17.4 Å². The standard InChI is InChI=1S/C24H22F2O3Si/c1-12-9-18(13(2)27)23(25)24(26)21(12)22-16-7-5-14(28)10-19(16)30(3,4)20-11-15(29)6-8-17(20)22/h5-11,13,27-28H,1-4H3. The van der Waals surface area contributed by atoms with E-state index in [0.29, 0.717) is 16.7 Å². The largest absolute Gasteiger partial charge is 0.508 e. The number of aromatic hydroxyl groups is 1. The van der Waals surface area contributed by atoms with Gasteiger partial charge in [-0.15, -0.1) is 0 Å². The number of aliphatic hydroxyl groups is 1. The van der Waals surface area contributed by atoms with Gasteiger partial charge in [-0.25, -0.2) is 8.78 Å². The van der Waals surface area contributed by atoms with E-state index < -0.39 is 25.8 Å². The second-order valence-electron chi connectivity index (χ2n) is 8.40. The molecule has 0 saturated heterocycles. The Hall–Kier alpha value is -2.83. The van der Waals surface area contributed by atoms with Crippen LogP contribution in [0.4, 0.5) is 8.78 Å². The van der Waals surface area contributed by atoms with Gasteiger partial charge in [0.1, 0.15) is 13.8 Å². The minimum Gasteiger partial charge on any atom is -0.508 e. The molecule has 30 heavy (non-hydrogen) atoms. The van der Waals surface area contributed by atoms with Crippen molar-refractivity contribution in [2.75, 3.05) is 0 Å². The minimum absolute atomic E-state index is 0.0863. The van der Waals surface area contributed by atoms with E-state index >= 15 is 4.39 Å². The number of allylic oxidation sites excluding steroid dienone is 5. The van der Waals surface area contributed by atoms with Crippen LogP contribution in [0, 0.1) is 18.6 Å². The molecule has 1 unspecified atom stereocenters. The number of carbonyl (C=O) groups is 1. The van der Waals surface area contributed by atoms with Crippen LogP contribution in [0.25, 0.3) is 5.57 Å². The highest BCUT2D eigenvalue weighted by molar-refractivity contribution is 6.98. The predicted octanol–water partition coefficient (Wildman–Crippen LogP) is 4.37. The molecular weight excluding hydrogens is 402 g/mol. The quantitative estimate of drug-likeness (QED) is 0.704. The van der Waals surface area contributed by atoms with Crippen LogP contribution in [0.5, 0.6) is 5.75 Å². The first kappa shape index (κ1) is 20.4. The molecular formula is C24H22F2O3Si. The summed E-state index contributed by atoms with van der Waals surface area (Å²) in [5.41, 5.74) is 2.42. The molecule has 0 spiro atoms. The number of fused-ring (bicyclic) bond motifs is 2. The molecule has 1 aliphatic carbocycles. The Labute approximate surface area is 174 Å². The molecule has 1 aliphatic heterocycles. The van der Waals surface area contributed by atoms with E-state index in [9.17, 15) is 19.4 Å². The number of carbonyl (C=O) groups excluding carboxylic acids is 1. The van der Waals surface area contributed by atoms with Gasteiger partial charge in [-0.2, -0.15) is 0 Å². The number of halogens is 2. The molecule has 1 heterocycles. The molecule has 0 fully saturated rings. The van der Waals surface area contributed by atoms with Crippen molar-refractivity contribution in [2.45, 2.75) is 33.0 Å². The van der Waals surface area contributed by atoms with Crippen molar-refractivity contribution in [1.29, 1.82) is 0 Å². The molecule has 2 aromatic rings. The molecule has 3 nitrogen and oxygen atoms in total. The maximum absolute atomic E-state index is 15.4. The normalized spacial score (nSPS) is 18.1. The van der Waals surface area contributed by atoms with E-state index in [4.69, 9.17) is 0 Å². The van der Waals surface area contributed by atoms with Crippen molar-refractivity contribution >= 4 is 24.6 Å². The third-order valence-corrected chi connectivity index (χ3v) is 9.53. The van der Waals surface area contributed by atoms with Gasteiger partial charge in [0.05, 0.1) is 6.10 Å². The fourth-order valence-electron chi connectivity index (χ4n) is 4.47. The van der Waals surface area contributed by atoms with E-state index in [-0.39, 0.29) is 22.7 Å². The summed E-state index contributed by atoms with van der Waals surface area (Å²) in [7, 11) is -2.38. The zero-order chi connectivity index (χ0) is 22.0. The van der Waals surface area contributed by atoms with Gasteiger partial charge < -0.3 is 10.2 Å². The minimum atomic E-state index is -2.38. The molecule has 0 saturated carbocycles. The molecule has 0 amide bonds. The smallest absolute Gasteiger partial charge is 0.178 e. The third kappa shape index (κ3) is 2.90. The number of phenolic OH excluding ortho intramolecular Hbond substituents is 1. The molecule has 0 radical (unpaired) electrons. The summed E-state index contributed by atoms with van der Waals surface area (Å²) < 4.78 is 30.3. The van der Waals surface area contributed by atoms with Crippen LogP contribution in [0.15, 0.2) is 53.3 Å². The maximum atomic E-state index is 15.4. The van der Waals surface area contributed by atoms with Gasteiger partial charge in [0, 0.05) is 11.1 Å². The van der Waals surface area contributed by atoms with E-state index in [2.05, 4.69) is 13.1 Å². The van der Waals surface area contributed by atoms with Crippen LogP contribution >= 0.6 is 0 Å². The molecule has 6 heteroatoms. The highest BCUT2D eigenvalue weighted by atomic mass is 28.3. The monoisotopic (exact) mass is 424 g/mol. The van der Waals surface area contributed by atoms with Crippen molar-refractivity contribution in [1.82, 2.24) is 0 Å². The highest BCUT2D eigenvalue weighted by Crippen LogP contribution is 2.44.